The van der Waals surface area contributed by atoms with E-state index in [1.807, 2.05) is 27.7 Å². The van der Waals surface area contributed by atoms with Crippen LogP contribution in [0.5, 0.6) is 0 Å². The summed E-state index contributed by atoms with van der Waals surface area (Å²) in [5.41, 5.74) is 14.0. The van der Waals surface area contributed by atoms with Crippen molar-refractivity contribution in [1.82, 2.24) is 60.0 Å². The van der Waals surface area contributed by atoms with Gasteiger partial charge < -0.3 is 60.7 Å². The SMILES string of the molecule is C.C[C-]=C(C)n1[c-]c(N)nn1.C[C-]=C(C)n1[c-]cnn1.C[C-]=C(N)n1[c-]c(C)nn1.C[C-]=Cn1[c-]c(C)nn1.[Y].[Y].[Y].[Y]. The molecule has 0 aromatic carbocycles. The van der Waals surface area contributed by atoms with E-state index in [0.717, 1.165) is 22.8 Å². The predicted molar refractivity (Wildman–Crippen MR) is 147 cm³/mol. The molecule has 4 N–H and O–H groups in total. The molecule has 4 rings (SSSR count). The van der Waals surface area contributed by atoms with Gasteiger partial charge in [-0.3, -0.25) is 11.4 Å². The summed E-state index contributed by atoms with van der Waals surface area (Å²) in [6.45, 7) is 14.5. The van der Waals surface area contributed by atoms with Gasteiger partial charge in [0.25, 0.3) is 0 Å². The summed E-state index contributed by atoms with van der Waals surface area (Å²) in [6.07, 6.45) is 25.6. The van der Waals surface area contributed by atoms with E-state index in [1.54, 1.807) is 38.6 Å². The average Bonchev–Trinajstić information content (AvgIpc) is 3.73. The van der Waals surface area contributed by atoms with Crippen molar-refractivity contribution in [2.75, 3.05) is 5.73 Å². The molecule has 0 bridgehead atoms. The van der Waals surface area contributed by atoms with Crippen LogP contribution in [0.4, 0.5) is 5.82 Å². The molecule has 4 radical (unpaired) electrons. The Kier molecular flexibility index (Phi) is 36.6. The van der Waals surface area contributed by atoms with Gasteiger partial charge in [0.1, 0.15) is 0 Å². The topological polar surface area (TPSA) is 175 Å². The minimum absolute atomic E-state index is 0. The van der Waals surface area contributed by atoms with Crippen molar-refractivity contribution in [3.63, 3.8) is 0 Å². The van der Waals surface area contributed by atoms with Crippen molar-refractivity contribution in [1.29, 1.82) is 0 Å². The summed E-state index contributed by atoms with van der Waals surface area (Å²) in [5.74, 6) is 0.718. The normalized spacial score (nSPS) is 10.4. The number of anilines is 1. The van der Waals surface area contributed by atoms with E-state index < -0.39 is 0 Å². The summed E-state index contributed by atoms with van der Waals surface area (Å²) in [5, 5.41) is 29.3. The molecular weight excluding hydrogens is 852 g/mol. The van der Waals surface area contributed by atoms with Gasteiger partial charge in [-0.25, -0.2) is 33.5 Å². The molecule has 0 aliphatic rings. The molecule has 224 valence electrons. The number of hydrogen-bond acceptors (Lipinski definition) is 10. The van der Waals surface area contributed by atoms with Crippen molar-refractivity contribution < 1.29 is 131 Å². The fourth-order valence-electron chi connectivity index (χ4n) is 1.99. The summed E-state index contributed by atoms with van der Waals surface area (Å²) in [6, 6.07) is 0. The summed E-state index contributed by atoms with van der Waals surface area (Å²) in [4.78, 5) is 0. The van der Waals surface area contributed by atoms with Crippen molar-refractivity contribution in [3.8, 4) is 0 Å². The molecule has 0 saturated heterocycles. The molecule has 0 spiro atoms. The van der Waals surface area contributed by atoms with Gasteiger partial charge in [-0.2, -0.15) is 15.3 Å². The fraction of sp³-hybridized carbons (Fsp3) is 0.360. The number of aromatic nitrogens is 12. The molecule has 4 aromatic rings. The molecule has 18 heteroatoms. The molecule has 0 unspecified atom stereocenters. The van der Waals surface area contributed by atoms with E-state index in [1.165, 1.54) is 20.2 Å². The molecule has 0 fully saturated rings. The fourth-order valence-corrected chi connectivity index (χ4v) is 1.99. The Morgan fingerprint density at radius 1 is 0.744 bits per heavy atom. The molecule has 0 amide bonds. The average molecular weight is 886 g/mol. The molecular formula is C25H34N14Y4-8. The number of rotatable bonds is 4. The Bertz CT molecular complexity index is 1280. The molecule has 0 saturated carbocycles. The van der Waals surface area contributed by atoms with Crippen LogP contribution in [-0.2, 0) is 131 Å². The smallest absolute Gasteiger partial charge is 0.0735 e. The number of allylic oxidation sites excluding steroid dienone is 6. The number of aryl methyl sites for hydroxylation is 2. The molecule has 4 aromatic heterocycles. The first-order valence-electron chi connectivity index (χ1n) is 11.0. The van der Waals surface area contributed by atoms with Gasteiger partial charge in [0.05, 0.1) is 5.82 Å². The van der Waals surface area contributed by atoms with Crippen molar-refractivity contribution in [2.45, 2.75) is 62.8 Å². The summed E-state index contributed by atoms with van der Waals surface area (Å²) in [7, 11) is 0. The molecule has 0 aliphatic heterocycles. The van der Waals surface area contributed by atoms with Crippen molar-refractivity contribution in [2.24, 2.45) is 5.73 Å². The van der Waals surface area contributed by atoms with Crippen LogP contribution in [0, 0.1) is 62.9 Å². The molecule has 4 heterocycles. The van der Waals surface area contributed by atoms with Crippen LogP contribution >= 0.6 is 0 Å². The maximum Gasteiger partial charge on any atom is 0.0735 e. The first kappa shape index (κ1) is 52.1. The van der Waals surface area contributed by atoms with Crippen LogP contribution in [0.3, 0.4) is 0 Å². The van der Waals surface area contributed by atoms with E-state index in [4.69, 9.17) is 11.5 Å². The van der Waals surface area contributed by atoms with Crippen LogP contribution in [0.1, 0.15) is 60.4 Å². The Morgan fingerprint density at radius 3 is 1.65 bits per heavy atom. The number of nitrogens with zero attached hydrogens (tertiary/aromatic N) is 12. The molecule has 0 atom stereocenters. The number of hydrogen-bond donors (Lipinski definition) is 2. The van der Waals surface area contributed by atoms with Gasteiger partial charge in [0, 0.05) is 131 Å². The third-order valence-corrected chi connectivity index (χ3v) is 4.06. The summed E-state index contributed by atoms with van der Waals surface area (Å²) < 4.78 is 5.85. The minimum Gasteiger partial charge on any atom is -0.586 e. The maximum atomic E-state index is 5.44. The first-order chi connectivity index (χ1) is 18.1. The van der Waals surface area contributed by atoms with E-state index in [-0.39, 0.29) is 138 Å². The third-order valence-electron chi connectivity index (χ3n) is 4.06. The molecule has 43 heavy (non-hydrogen) atoms. The number of nitrogens with two attached hydrogens (primary N) is 2. The Morgan fingerprint density at radius 2 is 1.28 bits per heavy atom. The van der Waals surface area contributed by atoms with Crippen molar-refractivity contribution >= 4 is 29.2 Å². The predicted octanol–water partition coefficient (Wildman–Crippen LogP) is 2.38. The zero-order valence-electron chi connectivity index (χ0n) is 25.0. The second kappa shape index (κ2) is 30.2. The standard InChI is InChI=1S/2C6H8N4.2C6H7N3.CH4.4Y/c1-3-6(7)10-4-5(2)8-9-10;1-3-5(2)10-4-6(7)8-9-10;1-3-6(2)9-5-4-7-8-9;1-3-4-9-5-6(2)7-8-9;;;;;/h2*7H2,1-2H3;2*4H,1-2H3;1H4;;;;/q4*-2;;;;;. The van der Waals surface area contributed by atoms with Crippen LogP contribution < -0.4 is 11.5 Å². The van der Waals surface area contributed by atoms with Crippen molar-refractivity contribution in [3.05, 3.63) is 66.7 Å². The quantitative estimate of drug-likeness (QED) is 0.290. The van der Waals surface area contributed by atoms with Gasteiger partial charge >= 0.3 is 0 Å². The summed E-state index contributed by atoms with van der Waals surface area (Å²) >= 11 is 0. The zero-order valence-corrected chi connectivity index (χ0v) is 36.3. The molecule has 14 nitrogen and oxygen atoms in total. The van der Waals surface area contributed by atoms with Crippen LogP contribution in [0.25, 0.3) is 23.4 Å². The Hall–Kier alpha value is -0.464. The van der Waals surface area contributed by atoms with E-state index >= 15 is 0 Å². The van der Waals surface area contributed by atoms with Gasteiger partial charge in [-0.15, -0.1) is 58.4 Å². The largest absolute Gasteiger partial charge is 0.586 e. The van der Waals surface area contributed by atoms with Gasteiger partial charge in [0.2, 0.25) is 0 Å². The van der Waals surface area contributed by atoms with Crippen LogP contribution in [0.2, 0.25) is 0 Å². The monoisotopic (exact) mass is 886 g/mol. The Labute approximate surface area is 355 Å². The zero-order chi connectivity index (χ0) is 28.5. The van der Waals surface area contributed by atoms with Crippen LogP contribution in [0.15, 0.2) is 6.20 Å². The second-order valence-electron chi connectivity index (χ2n) is 6.93. The van der Waals surface area contributed by atoms with Gasteiger partial charge in [-0.05, 0) is 31.4 Å². The van der Waals surface area contributed by atoms with E-state index in [0.29, 0.717) is 11.6 Å². The number of nitrogen functional groups attached to an aromatic ring is 1. The first-order valence-corrected chi connectivity index (χ1v) is 11.0. The van der Waals surface area contributed by atoms with Gasteiger partial charge in [-0.1, -0.05) is 13.6 Å². The van der Waals surface area contributed by atoms with Gasteiger partial charge in [0.15, 0.2) is 0 Å². The van der Waals surface area contributed by atoms with E-state index in [9.17, 15) is 0 Å². The maximum absolute atomic E-state index is 5.44. The second-order valence-corrected chi connectivity index (χ2v) is 6.93. The molecule has 0 aliphatic carbocycles. The van der Waals surface area contributed by atoms with E-state index in [2.05, 4.69) is 90.3 Å². The minimum atomic E-state index is 0. The van der Waals surface area contributed by atoms with Crippen LogP contribution in [-0.4, -0.2) is 60.0 Å². The third kappa shape index (κ3) is 21.8. The Balaban J connectivity index is -0.000000144.